The molecule has 3 rings (SSSR count). The molecule has 19 heavy (non-hydrogen) atoms. The molecule has 2 heterocycles. The highest BCUT2D eigenvalue weighted by atomic mass is 79.9. The number of aromatic nitrogens is 4. The maximum atomic E-state index is 5.06. The second kappa shape index (κ2) is 5.36. The Bertz CT molecular complexity index is 709. The fourth-order valence-electron chi connectivity index (χ4n) is 1.74. The van der Waals surface area contributed by atoms with Gasteiger partial charge in [0.1, 0.15) is 5.01 Å². The molecule has 0 spiro atoms. The van der Waals surface area contributed by atoms with Crippen molar-refractivity contribution >= 4 is 32.2 Å². The number of hydrogen-bond acceptors (Lipinski definition) is 5. The van der Waals surface area contributed by atoms with Crippen LogP contribution in [-0.4, -0.2) is 33.5 Å². The van der Waals surface area contributed by atoms with Crippen molar-refractivity contribution in [3.8, 4) is 10.6 Å². The summed E-state index contributed by atoms with van der Waals surface area (Å²) in [5.74, 6) is 0.828. The highest BCUT2D eigenvalue weighted by Gasteiger charge is 2.12. The molecule has 98 valence electrons. The van der Waals surface area contributed by atoms with E-state index < -0.39 is 0 Å². The summed E-state index contributed by atoms with van der Waals surface area (Å²) in [7, 11) is 1.67. The number of rotatable bonds is 4. The van der Waals surface area contributed by atoms with E-state index in [-0.39, 0.29) is 0 Å². The second-order valence-electron chi connectivity index (χ2n) is 3.97. The Kier molecular flexibility index (Phi) is 3.58. The third-order valence-electron chi connectivity index (χ3n) is 2.66. The van der Waals surface area contributed by atoms with Crippen LogP contribution in [0.2, 0.25) is 0 Å². The molecule has 0 radical (unpaired) electrons. The van der Waals surface area contributed by atoms with E-state index in [0.717, 1.165) is 25.8 Å². The quantitative estimate of drug-likeness (QED) is 0.733. The summed E-state index contributed by atoms with van der Waals surface area (Å²) in [5.41, 5.74) is 1.07. The minimum absolute atomic E-state index is 0.616. The summed E-state index contributed by atoms with van der Waals surface area (Å²) >= 11 is 5.00. The van der Waals surface area contributed by atoms with Gasteiger partial charge in [0.25, 0.3) is 0 Å². The van der Waals surface area contributed by atoms with Gasteiger partial charge in [-0.05, 0) is 12.1 Å². The molecule has 0 fully saturated rings. The van der Waals surface area contributed by atoms with Gasteiger partial charge in [-0.25, -0.2) is 0 Å². The first-order valence-corrected chi connectivity index (χ1v) is 7.35. The maximum absolute atomic E-state index is 5.06. The van der Waals surface area contributed by atoms with Crippen LogP contribution in [0, 0.1) is 0 Å². The summed E-state index contributed by atoms with van der Waals surface area (Å²) in [5, 5.41) is 13.8. The van der Waals surface area contributed by atoms with Crippen molar-refractivity contribution in [2.24, 2.45) is 0 Å². The molecule has 0 aliphatic rings. The number of fused-ring (bicyclic) bond motifs is 1. The Labute approximate surface area is 122 Å². The Morgan fingerprint density at radius 3 is 3.05 bits per heavy atom. The minimum atomic E-state index is 0.616. The van der Waals surface area contributed by atoms with Crippen molar-refractivity contribution in [1.29, 1.82) is 0 Å². The van der Waals surface area contributed by atoms with Crippen LogP contribution in [-0.2, 0) is 11.2 Å². The van der Waals surface area contributed by atoms with E-state index in [0.29, 0.717) is 13.0 Å². The lowest BCUT2D eigenvalue weighted by atomic mass is 10.2. The van der Waals surface area contributed by atoms with Crippen LogP contribution in [0.4, 0.5) is 0 Å². The summed E-state index contributed by atoms with van der Waals surface area (Å²) in [6.45, 7) is 0.616. The van der Waals surface area contributed by atoms with Gasteiger partial charge in [-0.1, -0.05) is 39.4 Å². The Hall–Kier alpha value is -1.31. The molecule has 2 aromatic heterocycles. The van der Waals surface area contributed by atoms with Crippen LogP contribution in [0.1, 0.15) is 5.82 Å². The Morgan fingerprint density at radius 2 is 2.26 bits per heavy atom. The van der Waals surface area contributed by atoms with Crippen LogP contribution >= 0.6 is 27.3 Å². The zero-order valence-electron chi connectivity index (χ0n) is 10.2. The van der Waals surface area contributed by atoms with Gasteiger partial charge in [0, 0.05) is 23.6 Å². The number of nitrogens with zero attached hydrogens (tertiary/aromatic N) is 4. The summed E-state index contributed by atoms with van der Waals surface area (Å²) in [6.07, 6.45) is 0.708. The lowest BCUT2D eigenvalue weighted by Gasteiger charge is -1.96. The molecule has 0 aliphatic carbocycles. The van der Waals surface area contributed by atoms with Crippen molar-refractivity contribution in [2.45, 2.75) is 6.42 Å². The van der Waals surface area contributed by atoms with Crippen molar-refractivity contribution in [3.63, 3.8) is 0 Å². The topological polar surface area (TPSA) is 52.3 Å². The second-order valence-corrected chi connectivity index (χ2v) is 5.84. The van der Waals surface area contributed by atoms with Gasteiger partial charge in [0.2, 0.25) is 4.96 Å². The maximum Gasteiger partial charge on any atom is 0.234 e. The van der Waals surface area contributed by atoms with Gasteiger partial charge in [0.05, 0.1) is 6.61 Å². The van der Waals surface area contributed by atoms with Gasteiger partial charge in [-0.3, -0.25) is 0 Å². The third kappa shape index (κ3) is 2.54. The van der Waals surface area contributed by atoms with Gasteiger partial charge >= 0.3 is 0 Å². The third-order valence-corrected chi connectivity index (χ3v) is 4.10. The lowest BCUT2D eigenvalue weighted by molar-refractivity contribution is 0.200. The van der Waals surface area contributed by atoms with Gasteiger partial charge in [-0.15, -0.1) is 10.2 Å². The van der Waals surface area contributed by atoms with Gasteiger partial charge in [0.15, 0.2) is 5.82 Å². The zero-order valence-corrected chi connectivity index (χ0v) is 12.6. The average Bonchev–Trinajstić information content (AvgIpc) is 2.97. The van der Waals surface area contributed by atoms with Crippen molar-refractivity contribution in [2.75, 3.05) is 13.7 Å². The highest BCUT2D eigenvalue weighted by Crippen LogP contribution is 2.27. The number of benzene rings is 1. The first-order chi connectivity index (χ1) is 9.28. The molecular weight excluding hydrogens is 328 g/mol. The fourth-order valence-corrected chi connectivity index (χ4v) is 3.00. The van der Waals surface area contributed by atoms with E-state index >= 15 is 0 Å². The van der Waals surface area contributed by atoms with Crippen LogP contribution in [0.5, 0.6) is 0 Å². The first-order valence-electron chi connectivity index (χ1n) is 5.74. The van der Waals surface area contributed by atoms with Crippen LogP contribution in [0.25, 0.3) is 15.5 Å². The summed E-state index contributed by atoms with van der Waals surface area (Å²) in [4.78, 5) is 0.807. The molecule has 0 aliphatic heterocycles. The van der Waals surface area contributed by atoms with E-state index in [1.165, 1.54) is 11.3 Å². The summed E-state index contributed by atoms with van der Waals surface area (Å²) in [6, 6.07) is 8.06. The first kappa shape index (κ1) is 12.7. The molecular formula is C12H11BrN4OS. The smallest absolute Gasteiger partial charge is 0.234 e. The number of halogens is 1. The molecule has 3 aromatic rings. The minimum Gasteiger partial charge on any atom is -0.384 e. The monoisotopic (exact) mass is 338 g/mol. The van der Waals surface area contributed by atoms with Crippen LogP contribution in [0.3, 0.4) is 0 Å². The van der Waals surface area contributed by atoms with E-state index in [1.54, 1.807) is 11.6 Å². The Balaban J connectivity index is 2.00. The van der Waals surface area contributed by atoms with E-state index in [4.69, 9.17) is 4.74 Å². The van der Waals surface area contributed by atoms with Crippen molar-refractivity contribution < 1.29 is 4.74 Å². The van der Waals surface area contributed by atoms with Gasteiger partial charge in [-0.2, -0.15) is 9.61 Å². The predicted molar refractivity (Wildman–Crippen MR) is 77.4 cm³/mol. The molecule has 1 aromatic carbocycles. The van der Waals surface area contributed by atoms with E-state index in [1.807, 2.05) is 24.3 Å². The Morgan fingerprint density at radius 1 is 1.37 bits per heavy atom. The molecule has 0 unspecified atom stereocenters. The molecule has 5 nitrogen and oxygen atoms in total. The predicted octanol–water partition coefficient (Wildman–Crippen LogP) is 2.80. The van der Waals surface area contributed by atoms with E-state index in [2.05, 4.69) is 31.2 Å². The number of hydrogen-bond donors (Lipinski definition) is 0. The molecule has 0 bridgehead atoms. The summed E-state index contributed by atoms with van der Waals surface area (Å²) < 4.78 is 7.89. The SMILES string of the molecule is COCCc1nnc2sc(-c3cccc(Br)c3)nn12. The zero-order chi connectivity index (χ0) is 13.2. The standard InChI is InChI=1S/C12H11BrN4OS/c1-18-6-5-10-14-15-12-17(10)16-11(19-12)8-3-2-4-9(13)7-8/h2-4,7H,5-6H2,1H3. The molecule has 0 atom stereocenters. The van der Waals surface area contributed by atoms with Gasteiger partial charge < -0.3 is 4.74 Å². The molecule has 0 saturated carbocycles. The van der Waals surface area contributed by atoms with Crippen LogP contribution < -0.4 is 0 Å². The average molecular weight is 339 g/mol. The fraction of sp³-hybridized carbons (Fsp3) is 0.250. The molecule has 0 saturated heterocycles. The van der Waals surface area contributed by atoms with E-state index in [9.17, 15) is 0 Å². The van der Waals surface area contributed by atoms with Crippen molar-refractivity contribution in [3.05, 3.63) is 34.6 Å². The largest absolute Gasteiger partial charge is 0.384 e. The highest BCUT2D eigenvalue weighted by molar-refractivity contribution is 9.10. The lowest BCUT2D eigenvalue weighted by Crippen LogP contribution is -2.01. The number of ether oxygens (including phenoxy) is 1. The molecule has 0 amide bonds. The normalized spacial score (nSPS) is 11.3. The molecule has 7 heteroatoms. The molecule has 0 N–H and O–H groups in total. The number of methoxy groups -OCH3 is 1. The van der Waals surface area contributed by atoms with Crippen molar-refractivity contribution in [1.82, 2.24) is 19.8 Å². The van der Waals surface area contributed by atoms with Crippen LogP contribution in [0.15, 0.2) is 28.7 Å².